The van der Waals surface area contributed by atoms with Crippen LogP contribution in [0.15, 0.2) is 36.4 Å². The molecule has 0 aliphatic carbocycles. The highest BCUT2D eigenvalue weighted by atomic mass is 19.3. The van der Waals surface area contributed by atoms with Crippen molar-refractivity contribution < 1.29 is 18.7 Å². The Kier molecular flexibility index (Phi) is 5.29. The molecule has 1 aromatic carbocycles. The molecule has 0 aromatic heterocycles. The second kappa shape index (κ2) is 6.75. The Morgan fingerprint density at radius 3 is 2.59 bits per heavy atom. The largest absolute Gasteiger partial charge is 0.385 e. The van der Waals surface area contributed by atoms with Gasteiger partial charge in [-0.2, -0.15) is 0 Å². The summed E-state index contributed by atoms with van der Waals surface area (Å²) in [7, 11) is 0. The fraction of sp³-hybridized carbons (Fsp3) is 0.250. The summed E-state index contributed by atoms with van der Waals surface area (Å²) in [6.07, 6.45) is -1.89. The lowest BCUT2D eigenvalue weighted by Crippen LogP contribution is -2.34. The molecule has 3 nitrogen and oxygen atoms in total. The molecule has 5 heteroatoms. The Morgan fingerprint density at radius 2 is 2.00 bits per heavy atom. The van der Waals surface area contributed by atoms with Crippen LogP contribution in [0.25, 0.3) is 6.08 Å². The molecule has 1 rings (SSSR count). The zero-order valence-electron chi connectivity index (χ0n) is 9.01. The third-order valence-corrected chi connectivity index (χ3v) is 2.00. The van der Waals surface area contributed by atoms with E-state index in [9.17, 15) is 13.6 Å². The molecule has 0 heterocycles. The number of carbonyl (C=O) groups excluding carboxylic acids is 1. The highest BCUT2D eigenvalue weighted by molar-refractivity contribution is 5.91. The average molecular weight is 241 g/mol. The normalized spacial score (nSPS) is 12.9. The summed E-state index contributed by atoms with van der Waals surface area (Å²) in [4.78, 5) is 11.2. The third-order valence-electron chi connectivity index (χ3n) is 2.00. The van der Waals surface area contributed by atoms with Crippen molar-refractivity contribution in [2.24, 2.45) is 0 Å². The smallest absolute Gasteiger partial charge is 0.265 e. The second-order valence-corrected chi connectivity index (χ2v) is 3.39. The van der Waals surface area contributed by atoms with Gasteiger partial charge in [0, 0.05) is 12.6 Å². The van der Waals surface area contributed by atoms with Crippen LogP contribution in [0.5, 0.6) is 0 Å². The maximum absolute atomic E-state index is 11.9. The van der Waals surface area contributed by atoms with Crippen LogP contribution in [-0.4, -0.2) is 30.1 Å². The van der Waals surface area contributed by atoms with Crippen molar-refractivity contribution in [2.75, 3.05) is 6.54 Å². The van der Waals surface area contributed by atoms with Gasteiger partial charge in [-0.3, -0.25) is 4.79 Å². The molecule has 1 amide bonds. The topological polar surface area (TPSA) is 49.3 Å². The van der Waals surface area contributed by atoms with E-state index in [1.807, 2.05) is 18.2 Å². The van der Waals surface area contributed by atoms with E-state index < -0.39 is 25.0 Å². The number of halogens is 2. The van der Waals surface area contributed by atoms with E-state index >= 15 is 0 Å². The van der Waals surface area contributed by atoms with E-state index in [2.05, 4.69) is 5.32 Å². The first kappa shape index (κ1) is 13.3. The summed E-state index contributed by atoms with van der Waals surface area (Å²) in [6, 6.07) is 9.09. The van der Waals surface area contributed by atoms with E-state index in [1.54, 1.807) is 18.2 Å². The van der Waals surface area contributed by atoms with Crippen molar-refractivity contribution in [1.82, 2.24) is 5.32 Å². The number of alkyl halides is 2. The number of hydrogen-bond acceptors (Lipinski definition) is 2. The number of carbonyl (C=O) groups is 1. The zero-order valence-corrected chi connectivity index (χ0v) is 9.01. The molecule has 92 valence electrons. The summed E-state index contributed by atoms with van der Waals surface area (Å²) >= 11 is 0. The SMILES string of the molecule is O=C(/C=C/c1ccccc1)NCC(O)C(F)F. The van der Waals surface area contributed by atoms with Gasteiger partial charge in [-0.05, 0) is 11.6 Å². The first-order valence-corrected chi connectivity index (χ1v) is 5.07. The number of aliphatic hydroxyl groups is 1. The first-order valence-electron chi connectivity index (χ1n) is 5.07. The lowest BCUT2D eigenvalue weighted by molar-refractivity contribution is -0.117. The minimum atomic E-state index is -2.85. The van der Waals surface area contributed by atoms with Gasteiger partial charge in [0.15, 0.2) is 0 Å². The van der Waals surface area contributed by atoms with Crippen LogP contribution in [0.3, 0.4) is 0 Å². The molecule has 0 saturated carbocycles. The number of rotatable bonds is 5. The summed E-state index contributed by atoms with van der Waals surface area (Å²) in [5, 5.41) is 11.0. The molecule has 0 radical (unpaired) electrons. The number of amides is 1. The molecule has 0 saturated heterocycles. The van der Waals surface area contributed by atoms with Crippen molar-refractivity contribution in [1.29, 1.82) is 0 Å². The van der Waals surface area contributed by atoms with Gasteiger partial charge in [-0.1, -0.05) is 30.3 Å². The lowest BCUT2D eigenvalue weighted by atomic mass is 10.2. The van der Waals surface area contributed by atoms with E-state index in [4.69, 9.17) is 5.11 Å². The predicted molar refractivity (Wildman–Crippen MR) is 60.5 cm³/mol. The Balaban J connectivity index is 2.37. The molecule has 2 N–H and O–H groups in total. The molecule has 0 spiro atoms. The van der Waals surface area contributed by atoms with Crippen LogP contribution >= 0.6 is 0 Å². The lowest BCUT2D eigenvalue weighted by Gasteiger charge is -2.08. The molecular weight excluding hydrogens is 228 g/mol. The zero-order chi connectivity index (χ0) is 12.7. The fourth-order valence-electron chi connectivity index (χ4n) is 1.09. The van der Waals surface area contributed by atoms with Gasteiger partial charge >= 0.3 is 0 Å². The summed E-state index contributed by atoms with van der Waals surface area (Å²) in [5.41, 5.74) is 0.831. The molecule has 0 aliphatic heterocycles. The maximum atomic E-state index is 11.9. The molecule has 0 fully saturated rings. The molecule has 0 aliphatic rings. The molecule has 0 bridgehead atoms. The van der Waals surface area contributed by atoms with Crippen LogP contribution < -0.4 is 5.32 Å². The number of aliphatic hydroxyl groups excluding tert-OH is 1. The third kappa shape index (κ3) is 5.21. The van der Waals surface area contributed by atoms with Gasteiger partial charge in [0.05, 0.1) is 0 Å². The second-order valence-electron chi connectivity index (χ2n) is 3.39. The Morgan fingerprint density at radius 1 is 1.35 bits per heavy atom. The summed E-state index contributed by atoms with van der Waals surface area (Å²) in [6.45, 7) is -0.463. The van der Waals surface area contributed by atoms with Crippen LogP contribution in [0, 0.1) is 0 Å². The monoisotopic (exact) mass is 241 g/mol. The number of nitrogens with one attached hydrogen (secondary N) is 1. The van der Waals surface area contributed by atoms with Crippen molar-refractivity contribution in [3.05, 3.63) is 42.0 Å². The minimum absolute atomic E-state index is 0.463. The van der Waals surface area contributed by atoms with Crippen molar-refractivity contribution in [2.45, 2.75) is 12.5 Å². The van der Waals surface area contributed by atoms with Crippen molar-refractivity contribution in [3.8, 4) is 0 Å². The molecule has 1 atom stereocenters. The Hall–Kier alpha value is -1.75. The Labute approximate surface area is 97.8 Å². The van der Waals surface area contributed by atoms with Gasteiger partial charge in [0.25, 0.3) is 6.43 Å². The van der Waals surface area contributed by atoms with Gasteiger partial charge < -0.3 is 10.4 Å². The average Bonchev–Trinajstić information content (AvgIpc) is 2.34. The highest BCUT2D eigenvalue weighted by Gasteiger charge is 2.16. The van der Waals surface area contributed by atoms with Gasteiger partial charge in [0.1, 0.15) is 6.10 Å². The quantitative estimate of drug-likeness (QED) is 0.766. The van der Waals surface area contributed by atoms with Crippen molar-refractivity contribution in [3.63, 3.8) is 0 Å². The fourth-order valence-corrected chi connectivity index (χ4v) is 1.09. The van der Waals surface area contributed by atoms with Crippen LogP contribution in [0.4, 0.5) is 8.78 Å². The Bertz CT molecular complexity index is 379. The molecular formula is C12H13F2NO2. The molecule has 1 unspecified atom stereocenters. The maximum Gasteiger partial charge on any atom is 0.265 e. The van der Waals surface area contributed by atoms with Gasteiger partial charge in [-0.25, -0.2) is 8.78 Å². The predicted octanol–water partition coefficient (Wildman–Crippen LogP) is 1.44. The van der Waals surface area contributed by atoms with Crippen LogP contribution in [0.2, 0.25) is 0 Å². The van der Waals surface area contributed by atoms with Crippen molar-refractivity contribution >= 4 is 12.0 Å². The summed E-state index contributed by atoms with van der Waals surface area (Å²) < 4.78 is 23.8. The molecule has 1 aromatic rings. The van der Waals surface area contributed by atoms with Gasteiger partial charge in [0.2, 0.25) is 5.91 Å². The van der Waals surface area contributed by atoms with E-state index in [-0.39, 0.29) is 0 Å². The minimum Gasteiger partial charge on any atom is -0.385 e. The van der Waals surface area contributed by atoms with Crippen LogP contribution in [-0.2, 0) is 4.79 Å². The van der Waals surface area contributed by atoms with Crippen LogP contribution in [0.1, 0.15) is 5.56 Å². The molecule has 17 heavy (non-hydrogen) atoms. The number of benzene rings is 1. The first-order chi connectivity index (χ1) is 8.09. The van der Waals surface area contributed by atoms with E-state index in [1.165, 1.54) is 6.08 Å². The van der Waals surface area contributed by atoms with E-state index in [0.717, 1.165) is 5.56 Å². The highest BCUT2D eigenvalue weighted by Crippen LogP contribution is 2.01. The van der Waals surface area contributed by atoms with E-state index in [0.29, 0.717) is 0 Å². The summed E-state index contributed by atoms with van der Waals surface area (Å²) in [5.74, 6) is -0.520. The van der Waals surface area contributed by atoms with Gasteiger partial charge in [-0.15, -0.1) is 0 Å². The standard InChI is InChI=1S/C12H13F2NO2/c13-12(14)10(16)8-15-11(17)7-6-9-4-2-1-3-5-9/h1-7,10,12,16H,8H2,(H,15,17)/b7-6+. The number of hydrogen-bond donors (Lipinski definition) is 2.